The molecular weight excluding hydrogens is 194 g/mol. The molecule has 0 amide bonds. The van der Waals surface area contributed by atoms with E-state index in [9.17, 15) is 0 Å². The predicted molar refractivity (Wildman–Crippen MR) is 61.1 cm³/mol. The highest BCUT2D eigenvalue weighted by Crippen LogP contribution is 2.18. The van der Waals surface area contributed by atoms with Gasteiger partial charge in [0.2, 0.25) is 0 Å². The van der Waals surface area contributed by atoms with Crippen molar-refractivity contribution in [1.82, 2.24) is 9.88 Å². The zero-order valence-electron chi connectivity index (χ0n) is 8.65. The molecule has 78 valence electrons. The second-order valence-electron chi connectivity index (χ2n) is 3.64. The van der Waals surface area contributed by atoms with Crippen molar-refractivity contribution in [2.75, 3.05) is 37.6 Å². The molecule has 14 heavy (non-hydrogen) atoms. The third-order valence-corrected chi connectivity index (χ3v) is 3.43. The Morgan fingerprint density at radius 1 is 1.36 bits per heavy atom. The van der Waals surface area contributed by atoms with Crippen LogP contribution < -0.4 is 4.90 Å². The van der Waals surface area contributed by atoms with Crippen molar-refractivity contribution < 1.29 is 0 Å². The van der Waals surface area contributed by atoms with Crippen LogP contribution in [-0.2, 0) is 0 Å². The third kappa shape index (κ3) is 2.25. The highest BCUT2D eigenvalue weighted by atomic mass is 32.1. The fourth-order valence-electron chi connectivity index (χ4n) is 1.85. The topological polar surface area (TPSA) is 19.4 Å². The van der Waals surface area contributed by atoms with Crippen LogP contribution in [0.25, 0.3) is 0 Å². The van der Waals surface area contributed by atoms with E-state index in [0.29, 0.717) is 0 Å². The van der Waals surface area contributed by atoms with Gasteiger partial charge >= 0.3 is 0 Å². The maximum Gasteiger partial charge on any atom is 0.185 e. The molecule has 0 N–H and O–H groups in total. The first-order valence-electron chi connectivity index (χ1n) is 5.27. The van der Waals surface area contributed by atoms with Crippen LogP contribution in [0, 0.1) is 0 Å². The minimum atomic E-state index is 1.13. The largest absolute Gasteiger partial charge is 0.346 e. The summed E-state index contributed by atoms with van der Waals surface area (Å²) in [6, 6.07) is 0. The van der Waals surface area contributed by atoms with E-state index in [1.165, 1.54) is 31.2 Å². The average Bonchev–Trinajstić information content (AvgIpc) is 2.72. The van der Waals surface area contributed by atoms with Crippen molar-refractivity contribution >= 4 is 16.5 Å². The molecule has 0 spiro atoms. The van der Waals surface area contributed by atoms with Crippen LogP contribution in [0.3, 0.4) is 0 Å². The monoisotopic (exact) mass is 211 g/mol. The molecule has 2 rings (SSSR count). The molecule has 1 aromatic rings. The smallest absolute Gasteiger partial charge is 0.185 e. The zero-order valence-corrected chi connectivity index (χ0v) is 9.46. The van der Waals surface area contributed by atoms with Gasteiger partial charge in [0.25, 0.3) is 0 Å². The first-order valence-corrected chi connectivity index (χ1v) is 6.15. The van der Waals surface area contributed by atoms with E-state index in [0.717, 1.165) is 13.1 Å². The number of aromatic nitrogens is 1. The molecule has 1 aliphatic heterocycles. The van der Waals surface area contributed by atoms with Gasteiger partial charge in [-0.15, -0.1) is 11.3 Å². The number of anilines is 1. The van der Waals surface area contributed by atoms with Crippen LogP contribution in [0.15, 0.2) is 11.6 Å². The Kier molecular flexibility index (Phi) is 3.37. The SMILES string of the molecule is CCCN1CCN(c2nccs2)CC1. The van der Waals surface area contributed by atoms with Crippen molar-refractivity contribution in [3.63, 3.8) is 0 Å². The lowest BCUT2D eigenvalue weighted by Crippen LogP contribution is -2.46. The molecule has 1 aromatic heterocycles. The summed E-state index contributed by atoms with van der Waals surface area (Å²) in [7, 11) is 0. The number of nitrogens with zero attached hydrogens (tertiary/aromatic N) is 3. The molecule has 0 aromatic carbocycles. The van der Waals surface area contributed by atoms with Gasteiger partial charge in [0, 0.05) is 37.8 Å². The van der Waals surface area contributed by atoms with Crippen molar-refractivity contribution in [2.45, 2.75) is 13.3 Å². The molecule has 0 bridgehead atoms. The Labute approximate surface area is 89.4 Å². The maximum atomic E-state index is 4.34. The first kappa shape index (κ1) is 9.93. The second kappa shape index (κ2) is 4.75. The normalized spacial score (nSPS) is 18.8. The van der Waals surface area contributed by atoms with Gasteiger partial charge in [0.15, 0.2) is 5.13 Å². The number of hydrogen-bond acceptors (Lipinski definition) is 4. The van der Waals surface area contributed by atoms with Crippen LogP contribution in [0.2, 0.25) is 0 Å². The summed E-state index contributed by atoms with van der Waals surface area (Å²) in [4.78, 5) is 9.25. The van der Waals surface area contributed by atoms with Crippen LogP contribution in [-0.4, -0.2) is 42.6 Å². The van der Waals surface area contributed by atoms with E-state index in [1.54, 1.807) is 11.3 Å². The van der Waals surface area contributed by atoms with Crippen molar-refractivity contribution in [3.05, 3.63) is 11.6 Å². The fraction of sp³-hybridized carbons (Fsp3) is 0.700. The molecule has 0 unspecified atom stereocenters. The Hall–Kier alpha value is -0.610. The quantitative estimate of drug-likeness (QED) is 0.758. The van der Waals surface area contributed by atoms with Crippen LogP contribution in [0.5, 0.6) is 0 Å². The van der Waals surface area contributed by atoms with Crippen molar-refractivity contribution in [1.29, 1.82) is 0 Å². The van der Waals surface area contributed by atoms with E-state index >= 15 is 0 Å². The minimum Gasteiger partial charge on any atom is -0.346 e. The summed E-state index contributed by atoms with van der Waals surface area (Å²) < 4.78 is 0. The molecule has 0 saturated carbocycles. The highest BCUT2D eigenvalue weighted by molar-refractivity contribution is 7.13. The van der Waals surface area contributed by atoms with Crippen molar-refractivity contribution in [3.8, 4) is 0 Å². The summed E-state index contributed by atoms with van der Waals surface area (Å²) in [5, 5.41) is 3.23. The summed E-state index contributed by atoms with van der Waals surface area (Å²) in [5.74, 6) is 0. The molecular formula is C10H17N3S. The number of rotatable bonds is 3. The molecule has 0 atom stereocenters. The van der Waals surface area contributed by atoms with Gasteiger partial charge in [0.05, 0.1) is 0 Å². The number of thiazole rings is 1. The van der Waals surface area contributed by atoms with Gasteiger partial charge in [-0.1, -0.05) is 6.92 Å². The highest BCUT2D eigenvalue weighted by Gasteiger charge is 2.17. The van der Waals surface area contributed by atoms with Gasteiger partial charge in [-0.2, -0.15) is 0 Å². The van der Waals surface area contributed by atoms with Crippen LogP contribution >= 0.6 is 11.3 Å². The molecule has 1 aliphatic rings. The lowest BCUT2D eigenvalue weighted by molar-refractivity contribution is 0.258. The third-order valence-electron chi connectivity index (χ3n) is 2.60. The van der Waals surface area contributed by atoms with Gasteiger partial charge < -0.3 is 4.90 Å². The Morgan fingerprint density at radius 3 is 2.71 bits per heavy atom. The fourth-order valence-corrected chi connectivity index (χ4v) is 2.55. The molecule has 3 nitrogen and oxygen atoms in total. The summed E-state index contributed by atoms with van der Waals surface area (Å²) in [6.45, 7) is 8.13. The lowest BCUT2D eigenvalue weighted by Gasteiger charge is -2.34. The van der Waals surface area contributed by atoms with E-state index in [2.05, 4.69) is 21.7 Å². The zero-order chi connectivity index (χ0) is 9.80. The maximum absolute atomic E-state index is 4.34. The average molecular weight is 211 g/mol. The molecule has 1 saturated heterocycles. The Balaban J connectivity index is 1.84. The molecule has 1 fully saturated rings. The number of hydrogen-bond donors (Lipinski definition) is 0. The Bertz CT molecular complexity index is 252. The van der Waals surface area contributed by atoms with Gasteiger partial charge in [-0.25, -0.2) is 4.98 Å². The predicted octanol–water partition coefficient (Wildman–Crippen LogP) is 1.68. The molecule has 4 heteroatoms. The van der Waals surface area contributed by atoms with Gasteiger partial charge in [-0.3, -0.25) is 4.90 Å². The lowest BCUT2D eigenvalue weighted by atomic mass is 10.3. The molecule has 0 aliphatic carbocycles. The van der Waals surface area contributed by atoms with Crippen molar-refractivity contribution in [2.24, 2.45) is 0 Å². The summed E-state index contributed by atoms with van der Waals surface area (Å²) in [6.07, 6.45) is 3.15. The van der Waals surface area contributed by atoms with Gasteiger partial charge in [-0.05, 0) is 13.0 Å². The van der Waals surface area contributed by atoms with Crippen LogP contribution in [0.1, 0.15) is 13.3 Å². The van der Waals surface area contributed by atoms with Gasteiger partial charge in [0.1, 0.15) is 0 Å². The molecule has 0 radical (unpaired) electrons. The van der Waals surface area contributed by atoms with E-state index in [1.807, 2.05) is 11.6 Å². The van der Waals surface area contributed by atoms with E-state index in [4.69, 9.17) is 0 Å². The van der Waals surface area contributed by atoms with Crippen LogP contribution in [0.4, 0.5) is 5.13 Å². The second-order valence-corrected chi connectivity index (χ2v) is 4.52. The van der Waals surface area contributed by atoms with E-state index < -0.39 is 0 Å². The minimum absolute atomic E-state index is 1.13. The summed E-state index contributed by atoms with van der Waals surface area (Å²) >= 11 is 1.74. The Morgan fingerprint density at radius 2 is 2.14 bits per heavy atom. The first-order chi connectivity index (χ1) is 6.90. The molecule has 2 heterocycles. The summed E-state index contributed by atoms with van der Waals surface area (Å²) in [5.41, 5.74) is 0. The van der Waals surface area contributed by atoms with E-state index in [-0.39, 0.29) is 0 Å². The standard InChI is InChI=1S/C10H17N3S/c1-2-4-12-5-7-13(8-6-12)10-11-3-9-14-10/h3,9H,2,4-8H2,1H3. The number of piperazine rings is 1.